The first-order valence-electron chi connectivity index (χ1n) is 9.33. The Hall–Kier alpha value is -2.58. The van der Waals surface area contributed by atoms with Gasteiger partial charge in [-0.3, -0.25) is 4.79 Å². The molecule has 1 amide bonds. The largest absolute Gasteiger partial charge is 0.497 e. The molecule has 0 heterocycles. The predicted octanol–water partition coefficient (Wildman–Crippen LogP) is 2.84. The number of hydrogen-bond acceptors (Lipinski definition) is 5. The van der Waals surface area contributed by atoms with Gasteiger partial charge in [0.25, 0.3) is 5.91 Å². The molecule has 1 aliphatic rings. The minimum atomic E-state index is -3.75. The Kier molecular flexibility index (Phi) is 6.14. The number of carbonyl (C=O) groups excluding carboxylic acids is 1. The van der Waals surface area contributed by atoms with Crippen LogP contribution in [0, 0.1) is 5.92 Å². The monoisotopic (exact) mass is 418 g/mol. The van der Waals surface area contributed by atoms with Gasteiger partial charge in [-0.2, -0.15) is 0 Å². The van der Waals surface area contributed by atoms with E-state index < -0.39 is 10.0 Å². The summed E-state index contributed by atoms with van der Waals surface area (Å²) >= 11 is 0. The van der Waals surface area contributed by atoms with E-state index in [1.165, 1.54) is 33.3 Å². The summed E-state index contributed by atoms with van der Waals surface area (Å²) in [4.78, 5) is 12.9. The number of nitrogens with one attached hydrogen (secondary N) is 1. The smallest absolute Gasteiger partial charge is 0.251 e. The highest BCUT2D eigenvalue weighted by Gasteiger charge is 2.34. The molecule has 0 radical (unpaired) electrons. The van der Waals surface area contributed by atoms with E-state index in [1.807, 2.05) is 24.3 Å². The fraction of sp³-hybridized carbons (Fsp3) is 0.381. The first kappa shape index (κ1) is 21.1. The Bertz CT molecular complexity index is 983. The molecule has 0 aliphatic heterocycles. The normalized spacial score (nSPS) is 15.1. The Balaban J connectivity index is 1.89. The van der Waals surface area contributed by atoms with Crippen molar-refractivity contribution in [1.82, 2.24) is 9.62 Å². The van der Waals surface area contributed by atoms with Gasteiger partial charge in [0, 0.05) is 19.7 Å². The van der Waals surface area contributed by atoms with E-state index in [-0.39, 0.29) is 28.2 Å². The lowest BCUT2D eigenvalue weighted by molar-refractivity contribution is 0.0931. The lowest BCUT2D eigenvalue weighted by Crippen LogP contribution is -2.30. The number of ether oxygens (including phenoxy) is 2. The molecule has 0 aromatic heterocycles. The quantitative estimate of drug-likeness (QED) is 0.713. The molecule has 1 N–H and O–H groups in total. The highest BCUT2D eigenvalue weighted by atomic mass is 32.2. The van der Waals surface area contributed by atoms with Crippen molar-refractivity contribution in [1.29, 1.82) is 0 Å². The summed E-state index contributed by atoms with van der Waals surface area (Å²) in [7, 11) is 2.13. The topological polar surface area (TPSA) is 84.9 Å². The van der Waals surface area contributed by atoms with Crippen molar-refractivity contribution in [2.75, 3.05) is 28.3 Å². The van der Waals surface area contributed by atoms with Crippen LogP contribution < -0.4 is 14.8 Å². The maximum Gasteiger partial charge on any atom is 0.251 e. The molecule has 1 unspecified atom stereocenters. The maximum absolute atomic E-state index is 12.9. The lowest BCUT2D eigenvalue weighted by atomic mass is 10.0. The summed E-state index contributed by atoms with van der Waals surface area (Å²) in [6.07, 6.45) is 2.08. The fourth-order valence-electron chi connectivity index (χ4n) is 3.15. The van der Waals surface area contributed by atoms with Gasteiger partial charge in [-0.25, -0.2) is 12.7 Å². The summed E-state index contributed by atoms with van der Waals surface area (Å²) in [5.74, 6) is 0.999. The Morgan fingerprint density at radius 3 is 2.24 bits per heavy atom. The maximum atomic E-state index is 12.9. The number of carbonyl (C=O) groups is 1. The molecular formula is C21H26N2O5S. The molecule has 156 valence electrons. The molecule has 8 heteroatoms. The van der Waals surface area contributed by atoms with Crippen molar-refractivity contribution in [3.8, 4) is 11.5 Å². The highest BCUT2D eigenvalue weighted by Crippen LogP contribution is 2.41. The predicted molar refractivity (Wildman–Crippen MR) is 110 cm³/mol. The van der Waals surface area contributed by atoms with Gasteiger partial charge in [0.1, 0.15) is 16.4 Å². The molecule has 2 aromatic rings. The van der Waals surface area contributed by atoms with Gasteiger partial charge in [0.05, 0.1) is 20.3 Å². The number of methoxy groups -OCH3 is 2. The number of sulfonamides is 1. The van der Waals surface area contributed by atoms with Crippen LogP contribution in [0.3, 0.4) is 0 Å². The van der Waals surface area contributed by atoms with Gasteiger partial charge < -0.3 is 14.8 Å². The summed E-state index contributed by atoms with van der Waals surface area (Å²) in [5, 5.41) is 3.07. The molecule has 7 nitrogen and oxygen atoms in total. The van der Waals surface area contributed by atoms with E-state index in [1.54, 1.807) is 13.2 Å². The van der Waals surface area contributed by atoms with Gasteiger partial charge in [-0.05, 0) is 54.7 Å². The molecule has 0 spiro atoms. The van der Waals surface area contributed by atoms with E-state index in [9.17, 15) is 13.2 Å². The van der Waals surface area contributed by atoms with Gasteiger partial charge in [0.2, 0.25) is 10.0 Å². The fourth-order valence-corrected chi connectivity index (χ4v) is 4.23. The molecule has 1 saturated carbocycles. The second-order valence-electron chi connectivity index (χ2n) is 7.21. The molecular weight excluding hydrogens is 392 g/mol. The first-order chi connectivity index (χ1) is 13.8. The molecule has 1 aliphatic carbocycles. The SMILES string of the molecule is COc1ccc(C(NC(=O)c2ccc(OC)c(S(=O)(=O)N(C)C)c2)C2CC2)cc1. The molecule has 0 bridgehead atoms. The van der Waals surface area contributed by atoms with Gasteiger partial charge in [-0.1, -0.05) is 12.1 Å². The summed E-state index contributed by atoms with van der Waals surface area (Å²) in [6, 6.07) is 11.9. The Morgan fingerprint density at radius 2 is 1.72 bits per heavy atom. The third-order valence-corrected chi connectivity index (χ3v) is 6.88. The average Bonchev–Trinajstić information content (AvgIpc) is 3.56. The van der Waals surface area contributed by atoms with Crippen molar-refractivity contribution in [3.63, 3.8) is 0 Å². The van der Waals surface area contributed by atoms with Gasteiger partial charge >= 0.3 is 0 Å². The zero-order chi connectivity index (χ0) is 21.2. The summed E-state index contributed by atoms with van der Waals surface area (Å²) in [5.41, 5.74) is 1.27. The van der Waals surface area contributed by atoms with E-state index in [0.29, 0.717) is 5.92 Å². The Labute approximate surface area is 171 Å². The number of benzene rings is 2. The second-order valence-corrected chi connectivity index (χ2v) is 9.34. The standard InChI is InChI=1S/C21H26N2O5S/c1-23(2)29(25,26)19-13-16(9-12-18(19)28-4)21(24)22-20(14-5-6-14)15-7-10-17(27-3)11-8-15/h7-14,20H,5-6H2,1-4H3,(H,22,24). The lowest BCUT2D eigenvalue weighted by Gasteiger charge is -2.20. The average molecular weight is 419 g/mol. The minimum absolute atomic E-state index is 0.0370. The first-order valence-corrected chi connectivity index (χ1v) is 10.8. The van der Waals surface area contributed by atoms with E-state index in [0.717, 1.165) is 28.5 Å². The van der Waals surface area contributed by atoms with Crippen LogP contribution in [0.15, 0.2) is 47.4 Å². The third-order valence-electron chi connectivity index (χ3n) is 5.04. The Morgan fingerprint density at radius 1 is 1.07 bits per heavy atom. The molecule has 3 rings (SSSR count). The second kappa shape index (κ2) is 8.42. The number of hydrogen-bond donors (Lipinski definition) is 1. The molecule has 29 heavy (non-hydrogen) atoms. The van der Waals surface area contributed by atoms with Crippen LogP contribution in [-0.4, -0.2) is 46.9 Å². The van der Waals surface area contributed by atoms with Crippen LogP contribution in [-0.2, 0) is 10.0 Å². The number of nitrogens with zero attached hydrogens (tertiary/aromatic N) is 1. The molecule has 1 fully saturated rings. The van der Waals surface area contributed by atoms with Crippen molar-refractivity contribution in [2.24, 2.45) is 5.92 Å². The van der Waals surface area contributed by atoms with Gasteiger partial charge in [-0.15, -0.1) is 0 Å². The van der Waals surface area contributed by atoms with Crippen molar-refractivity contribution >= 4 is 15.9 Å². The van der Waals surface area contributed by atoms with E-state index >= 15 is 0 Å². The van der Waals surface area contributed by atoms with Crippen LogP contribution in [0.1, 0.15) is 34.8 Å². The van der Waals surface area contributed by atoms with Crippen LogP contribution in [0.5, 0.6) is 11.5 Å². The summed E-state index contributed by atoms with van der Waals surface area (Å²) < 4.78 is 36.7. The number of amides is 1. The minimum Gasteiger partial charge on any atom is -0.497 e. The van der Waals surface area contributed by atoms with Crippen LogP contribution >= 0.6 is 0 Å². The molecule has 2 aromatic carbocycles. The van der Waals surface area contributed by atoms with Crippen molar-refractivity contribution in [2.45, 2.75) is 23.8 Å². The van der Waals surface area contributed by atoms with Crippen LogP contribution in [0.2, 0.25) is 0 Å². The third kappa shape index (κ3) is 4.54. The van der Waals surface area contributed by atoms with E-state index in [4.69, 9.17) is 9.47 Å². The van der Waals surface area contributed by atoms with Crippen molar-refractivity contribution in [3.05, 3.63) is 53.6 Å². The van der Waals surface area contributed by atoms with Crippen LogP contribution in [0.4, 0.5) is 0 Å². The zero-order valence-electron chi connectivity index (χ0n) is 17.0. The van der Waals surface area contributed by atoms with E-state index in [2.05, 4.69) is 5.32 Å². The summed E-state index contributed by atoms with van der Waals surface area (Å²) in [6.45, 7) is 0. The van der Waals surface area contributed by atoms with Crippen LogP contribution in [0.25, 0.3) is 0 Å². The van der Waals surface area contributed by atoms with Crippen molar-refractivity contribution < 1.29 is 22.7 Å². The highest BCUT2D eigenvalue weighted by molar-refractivity contribution is 7.89. The number of rotatable bonds is 8. The molecule has 1 atom stereocenters. The molecule has 0 saturated heterocycles. The van der Waals surface area contributed by atoms with Gasteiger partial charge in [0.15, 0.2) is 0 Å². The zero-order valence-corrected chi connectivity index (χ0v) is 17.8.